The first-order valence-electron chi connectivity index (χ1n) is 7.25. The number of benzene rings is 2. The highest BCUT2D eigenvalue weighted by atomic mass is 16.2. The lowest BCUT2D eigenvalue weighted by molar-refractivity contribution is -0.110. The molecule has 5 nitrogen and oxygen atoms in total. The Bertz CT molecular complexity index is 1050. The summed E-state index contributed by atoms with van der Waals surface area (Å²) in [5.74, 6) is 0.176. The average Bonchev–Trinajstić information content (AvgIpc) is 2.83. The highest BCUT2D eigenvalue weighted by Gasteiger charge is 2.24. The number of aromatic nitrogens is 2. The first-order valence-corrected chi connectivity index (χ1v) is 7.25. The van der Waals surface area contributed by atoms with Gasteiger partial charge in [-0.05, 0) is 37.3 Å². The molecule has 0 radical (unpaired) electrons. The molecular weight excluding hydrogens is 290 g/mol. The molecule has 1 aliphatic heterocycles. The summed E-state index contributed by atoms with van der Waals surface area (Å²) in [6.45, 7) is 1.97. The lowest BCUT2D eigenvalue weighted by Crippen LogP contribution is -2.10. The average molecular weight is 303 g/mol. The number of rotatable bonds is 1. The van der Waals surface area contributed by atoms with Gasteiger partial charge < -0.3 is 10.3 Å². The number of aromatic amines is 1. The fourth-order valence-corrected chi connectivity index (χ4v) is 2.75. The maximum atomic E-state index is 12.2. The Hall–Kier alpha value is -3.21. The van der Waals surface area contributed by atoms with E-state index in [1.54, 1.807) is 24.3 Å². The number of nitrogens with zero attached hydrogens (tertiary/aromatic N) is 1. The van der Waals surface area contributed by atoms with Gasteiger partial charge in [0.2, 0.25) is 0 Å². The Morgan fingerprint density at radius 1 is 1.09 bits per heavy atom. The molecule has 0 spiro atoms. The number of fused-ring (bicyclic) bond motifs is 2. The molecule has 0 atom stereocenters. The molecule has 5 heteroatoms. The first-order chi connectivity index (χ1) is 11.1. The van der Waals surface area contributed by atoms with Crippen LogP contribution in [0.5, 0.6) is 0 Å². The van der Waals surface area contributed by atoms with Crippen molar-refractivity contribution in [1.82, 2.24) is 9.97 Å². The van der Waals surface area contributed by atoms with Crippen molar-refractivity contribution in [2.75, 3.05) is 5.32 Å². The lowest BCUT2D eigenvalue weighted by atomic mass is 10.0. The third-order valence-corrected chi connectivity index (χ3v) is 3.87. The van der Waals surface area contributed by atoms with Gasteiger partial charge in [0.25, 0.3) is 11.5 Å². The predicted molar refractivity (Wildman–Crippen MR) is 90.0 cm³/mol. The highest BCUT2D eigenvalue weighted by Crippen LogP contribution is 2.33. The van der Waals surface area contributed by atoms with E-state index in [0.717, 1.165) is 16.8 Å². The van der Waals surface area contributed by atoms with Crippen molar-refractivity contribution in [2.45, 2.75) is 6.92 Å². The molecule has 0 saturated carbocycles. The summed E-state index contributed by atoms with van der Waals surface area (Å²) in [5.41, 5.74) is 3.55. The number of hydrogen-bond acceptors (Lipinski definition) is 3. The number of anilines is 1. The zero-order valence-electron chi connectivity index (χ0n) is 12.4. The van der Waals surface area contributed by atoms with Crippen LogP contribution in [-0.2, 0) is 4.79 Å². The minimum atomic E-state index is -0.217. The Balaban J connectivity index is 1.90. The summed E-state index contributed by atoms with van der Waals surface area (Å²) < 4.78 is 0. The first kappa shape index (κ1) is 13.5. The van der Waals surface area contributed by atoms with Gasteiger partial charge in [-0.1, -0.05) is 23.8 Å². The van der Waals surface area contributed by atoms with E-state index in [1.807, 2.05) is 31.2 Å². The van der Waals surface area contributed by atoms with Gasteiger partial charge >= 0.3 is 0 Å². The molecule has 2 aromatic carbocycles. The van der Waals surface area contributed by atoms with Gasteiger partial charge in [-0.15, -0.1) is 0 Å². The number of hydrogen-bond donors (Lipinski definition) is 2. The zero-order valence-corrected chi connectivity index (χ0v) is 12.4. The number of carbonyl (C=O) groups excluding carboxylic acids is 1. The topological polar surface area (TPSA) is 74.8 Å². The van der Waals surface area contributed by atoms with Crippen LogP contribution in [0.4, 0.5) is 5.69 Å². The van der Waals surface area contributed by atoms with Gasteiger partial charge in [0.05, 0.1) is 16.5 Å². The predicted octanol–water partition coefficient (Wildman–Crippen LogP) is 2.72. The molecular formula is C18H13N3O2. The van der Waals surface area contributed by atoms with E-state index < -0.39 is 0 Å². The summed E-state index contributed by atoms with van der Waals surface area (Å²) in [5, 5.41) is 3.35. The molecule has 1 amide bonds. The van der Waals surface area contributed by atoms with Crippen LogP contribution in [0.2, 0.25) is 0 Å². The van der Waals surface area contributed by atoms with Crippen molar-refractivity contribution >= 4 is 34.1 Å². The van der Waals surface area contributed by atoms with Crippen molar-refractivity contribution in [1.29, 1.82) is 0 Å². The van der Waals surface area contributed by atoms with E-state index in [0.29, 0.717) is 22.3 Å². The number of aryl methyl sites for hydroxylation is 1. The van der Waals surface area contributed by atoms with E-state index in [1.165, 1.54) is 0 Å². The number of para-hydroxylation sites is 1. The fraction of sp³-hybridized carbons (Fsp3) is 0.0556. The number of H-pyrrole nitrogens is 1. The summed E-state index contributed by atoms with van der Waals surface area (Å²) in [7, 11) is 0. The van der Waals surface area contributed by atoms with Crippen LogP contribution in [0.1, 0.15) is 17.0 Å². The number of carbonyl (C=O) groups is 1. The van der Waals surface area contributed by atoms with Crippen LogP contribution in [0, 0.1) is 6.92 Å². The van der Waals surface area contributed by atoms with Gasteiger partial charge in [0.15, 0.2) is 0 Å². The number of amides is 1. The van der Waals surface area contributed by atoms with Crippen LogP contribution in [-0.4, -0.2) is 15.9 Å². The Kier molecular flexibility index (Phi) is 2.87. The van der Waals surface area contributed by atoms with Crippen LogP contribution < -0.4 is 10.9 Å². The van der Waals surface area contributed by atoms with Crippen LogP contribution in [0.3, 0.4) is 0 Å². The summed E-state index contributed by atoms with van der Waals surface area (Å²) >= 11 is 0. The molecule has 2 N–H and O–H groups in total. The van der Waals surface area contributed by atoms with Crippen molar-refractivity contribution in [3.05, 3.63) is 69.8 Å². The zero-order chi connectivity index (χ0) is 16.0. The lowest BCUT2D eigenvalue weighted by Gasteiger charge is -2.01. The quantitative estimate of drug-likeness (QED) is 0.679. The Morgan fingerprint density at radius 3 is 2.78 bits per heavy atom. The van der Waals surface area contributed by atoms with Gasteiger partial charge in [-0.2, -0.15) is 0 Å². The monoisotopic (exact) mass is 303 g/mol. The van der Waals surface area contributed by atoms with E-state index >= 15 is 0 Å². The molecule has 0 bridgehead atoms. The van der Waals surface area contributed by atoms with Crippen molar-refractivity contribution in [2.24, 2.45) is 0 Å². The maximum Gasteiger partial charge on any atom is 0.259 e. The second-order valence-electron chi connectivity index (χ2n) is 5.53. The van der Waals surface area contributed by atoms with Gasteiger partial charge in [0.1, 0.15) is 5.82 Å². The molecule has 0 saturated heterocycles. The van der Waals surface area contributed by atoms with Crippen LogP contribution in [0.15, 0.2) is 47.3 Å². The van der Waals surface area contributed by atoms with Crippen LogP contribution >= 0.6 is 0 Å². The maximum absolute atomic E-state index is 12.2. The summed E-state index contributed by atoms with van der Waals surface area (Å²) in [4.78, 5) is 31.5. The van der Waals surface area contributed by atoms with E-state index in [2.05, 4.69) is 15.3 Å². The third-order valence-electron chi connectivity index (χ3n) is 3.87. The van der Waals surface area contributed by atoms with E-state index in [4.69, 9.17) is 0 Å². The molecule has 1 aromatic heterocycles. The van der Waals surface area contributed by atoms with E-state index in [-0.39, 0.29) is 11.5 Å². The second kappa shape index (κ2) is 4.91. The van der Waals surface area contributed by atoms with Crippen molar-refractivity contribution in [3.8, 4) is 0 Å². The smallest absolute Gasteiger partial charge is 0.259 e. The molecule has 1 aliphatic rings. The molecule has 3 aromatic rings. The highest BCUT2D eigenvalue weighted by molar-refractivity contribution is 6.34. The van der Waals surface area contributed by atoms with Gasteiger partial charge in [-0.25, -0.2) is 4.98 Å². The SMILES string of the molecule is Cc1ccc2c(c1)C(=Cc1nc3ccccc3c(=O)[nH]1)C(=O)N2. The Morgan fingerprint density at radius 2 is 1.91 bits per heavy atom. The molecule has 112 valence electrons. The third kappa shape index (κ3) is 2.23. The second-order valence-corrected chi connectivity index (χ2v) is 5.53. The Labute approximate surface area is 131 Å². The van der Waals surface area contributed by atoms with Crippen LogP contribution in [0.25, 0.3) is 22.6 Å². The minimum Gasteiger partial charge on any atom is -0.321 e. The van der Waals surface area contributed by atoms with Crippen molar-refractivity contribution < 1.29 is 4.79 Å². The minimum absolute atomic E-state index is 0.193. The van der Waals surface area contributed by atoms with Crippen molar-refractivity contribution in [3.63, 3.8) is 0 Å². The molecule has 2 heterocycles. The molecule has 0 fully saturated rings. The fourth-order valence-electron chi connectivity index (χ4n) is 2.75. The molecule has 4 rings (SSSR count). The van der Waals surface area contributed by atoms with E-state index in [9.17, 15) is 9.59 Å². The van der Waals surface area contributed by atoms with Gasteiger partial charge in [-0.3, -0.25) is 9.59 Å². The standard InChI is InChI=1S/C18H13N3O2/c1-10-6-7-15-12(8-10)13(18(23)20-15)9-16-19-14-5-3-2-4-11(14)17(22)21-16/h2-9H,1H3,(H,20,23)(H,19,21,22). The largest absolute Gasteiger partial charge is 0.321 e. The summed E-state index contributed by atoms with van der Waals surface area (Å²) in [6, 6.07) is 12.9. The summed E-state index contributed by atoms with van der Waals surface area (Å²) in [6.07, 6.45) is 1.62. The molecule has 0 unspecified atom stereocenters. The number of nitrogens with one attached hydrogen (secondary N) is 2. The molecule has 0 aliphatic carbocycles. The molecule has 23 heavy (non-hydrogen) atoms. The normalized spacial score (nSPS) is 15.0. The van der Waals surface area contributed by atoms with Gasteiger partial charge in [0, 0.05) is 11.3 Å².